The van der Waals surface area contributed by atoms with E-state index in [1.807, 2.05) is 0 Å². The van der Waals surface area contributed by atoms with E-state index in [0.717, 1.165) is 43.1 Å². The summed E-state index contributed by atoms with van der Waals surface area (Å²) >= 11 is 0. The second kappa shape index (κ2) is 8.12. The van der Waals surface area contributed by atoms with Crippen molar-refractivity contribution in [2.45, 2.75) is 83.8 Å². The van der Waals surface area contributed by atoms with Gasteiger partial charge in [-0.2, -0.15) is 0 Å². The first-order valence-electron chi connectivity index (χ1n) is 11.9. The molecule has 32 heavy (non-hydrogen) atoms. The molecule has 0 unspecified atom stereocenters. The first-order valence-corrected chi connectivity index (χ1v) is 11.9. The zero-order valence-corrected chi connectivity index (χ0v) is 19.5. The molecular weight excluding hydrogens is 408 g/mol. The third kappa shape index (κ3) is 3.37. The van der Waals surface area contributed by atoms with Crippen LogP contribution in [0.15, 0.2) is 23.8 Å². The molecule has 176 valence electrons. The van der Waals surface area contributed by atoms with Crippen molar-refractivity contribution in [3.05, 3.63) is 23.8 Å². The van der Waals surface area contributed by atoms with Crippen LogP contribution >= 0.6 is 0 Å². The van der Waals surface area contributed by atoms with Gasteiger partial charge in [-0.05, 0) is 68.3 Å². The number of carbonyl (C=O) groups is 3. The number of aldehydes is 1. The summed E-state index contributed by atoms with van der Waals surface area (Å²) in [6.07, 6.45) is 8.95. The number of hydrogen-bond acceptors (Lipinski definition) is 6. The van der Waals surface area contributed by atoms with E-state index in [-0.39, 0.29) is 47.8 Å². The predicted molar refractivity (Wildman–Crippen MR) is 118 cm³/mol. The van der Waals surface area contributed by atoms with Gasteiger partial charge in [-0.3, -0.25) is 9.59 Å². The van der Waals surface area contributed by atoms with E-state index in [1.165, 1.54) is 13.8 Å². The number of hydrogen-bond donors (Lipinski definition) is 1. The zero-order valence-electron chi connectivity index (χ0n) is 19.5. The fourth-order valence-electron chi connectivity index (χ4n) is 7.81. The molecule has 0 aliphatic heterocycles. The van der Waals surface area contributed by atoms with Crippen molar-refractivity contribution in [1.29, 1.82) is 0 Å². The number of fused-ring (bicyclic) bond motifs is 5. The van der Waals surface area contributed by atoms with Crippen LogP contribution in [-0.4, -0.2) is 41.6 Å². The highest BCUT2D eigenvalue weighted by atomic mass is 16.5. The highest BCUT2D eigenvalue weighted by Gasteiger charge is 2.67. The van der Waals surface area contributed by atoms with E-state index in [1.54, 1.807) is 0 Å². The molecule has 0 heterocycles. The summed E-state index contributed by atoms with van der Waals surface area (Å²) < 4.78 is 10.7. The van der Waals surface area contributed by atoms with Crippen LogP contribution in [0.5, 0.6) is 0 Å². The Balaban J connectivity index is 1.61. The molecule has 3 saturated carbocycles. The van der Waals surface area contributed by atoms with Crippen LogP contribution < -0.4 is 0 Å². The SMILES string of the molecule is C=C(COC(C)=O)[C@H]1CC[C@]2(O)[C@@H]3CC=C4C[C@@H](OC(C)=O)CC[C@]4(C=O)[C@H]3CC[C@]12C. The summed E-state index contributed by atoms with van der Waals surface area (Å²) in [4.78, 5) is 35.3. The van der Waals surface area contributed by atoms with Crippen LogP contribution in [0.1, 0.15) is 72.1 Å². The Morgan fingerprint density at radius 2 is 1.91 bits per heavy atom. The van der Waals surface area contributed by atoms with Crippen LogP contribution in [0.3, 0.4) is 0 Å². The lowest BCUT2D eigenvalue weighted by Gasteiger charge is -2.60. The maximum absolute atomic E-state index is 12.6. The molecule has 7 atom stereocenters. The highest BCUT2D eigenvalue weighted by molar-refractivity contribution is 5.69. The zero-order chi connectivity index (χ0) is 23.3. The minimum absolute atomic E-state index is 0.00648. The van der Waals surface area contributed by atoms with Crippen molar-refractivity contribution in [3.63, 3.8) is 0 Å². The number of ether oxygens (including phenoxy) is 2. The van der Waals surface area contributed by atoms with Crippen LogP contribution in [0, 0.1) is 28.6 Å². The van der Waals surface area contributed by atoms with E-state index in [2.05, 4.69) is 19.6 Å². The maximum atomic E-state index is 12.6. The third-order valence-corrected chi connectivity index (χ3v) is 9.35. The lowest BCUT2D eigenvalue weighted by molar-refractivity contribution is -0.179. The lowest BCUT2D eigenvalue weighted by Crippen LogP contribution is -2.61. The second-order valence-corrected chi connectivity index (χ2v) is 10.7. The van der Waals surface area contributed by atoms with Crippen LogP contribution in [0.25, 0.3) is 0 Å². The molecule has 0 saturated heterocycles. The Bertz CT molecular complexity index is 860. The first-order chi connectivity index (χ1) is 15.1. The van der Waals surface area contributed by atoms with Gasteiger partial charge in [-0.1, -0.05) is 25.2 Å². The number of aliphatic hydroxyl groups is 1. The summed E-state index contributed by atoms with van der Waals surface area (Å²) in [7, 11) is 0. The second-order valence-electron chi connectivity index (χ2n) is 10.7. The number of allylic oxidation sites excluding steroid dienone is 1. The monoisotopic (exact) mass is 444 g/mol. The highest BCUT2D eigenvalue weighted by Crippen LogP contribution is 2.68. The van der Waals surface area contributed by atoms with Crippen molar-refractivity contribution in [2.24, 2.45) is 28.6 Å². The molecule has 1 N–H and O–H groups in total. The molecule has 4 rings (SSSR count). The Morgan fingerprint density at radius 3 is 2.56 bits per heavy atom. The van der Waals surface area contributed by atoms with E-state index < -0.39 is 11.0 Å². The molecule has 4 aliphatic carbocycles. The van der Waals surface area contributed by atoms with Crippen molar-refractivity contribution in [3.8, 4) is 0 Å². The number of rotatable bonds is 5. The lowest BCUT2D eigenvalue weighted by atomic mass is 9.45. The largest absolute Gasteiger partial charge is 0.462 e. The average molecular weight is 445 g/mol. The van der Waals surface area contributed by atoms with Gasteiger partial charge in [0.05, 0.1) is 11.0 Å². The van der Waals surface area contributed by atoms with Gasteiger partial charge in [0.2, 0.25) is 0 Å². The normalized spacial score (nSPS) is 42.6. The van der Waals surface area contributed by atoms with Crippen molar-refractivity contribution >= 4 is 18.2 Å². The molecule has 3 fully saturated rings. The molecule has 0 spiro atoms. The first kappa shape index (κ1) is 23.2. The summed E-state index contributed by atoms with van der Waals surface area (Å²) in [6.45, 7) is 9.38. The van der Waals surface area contributed by atoms with Crippen LogP contribution in [-0.2, 0) is 23.9 Å². The Kier molecular flexibility index (Phi) is 5.89. The standard InChI is InChI=1S/C26H36O6/c1-16(14-31-17(2)28)21-9-12-26(30)23-6-5-19-13-20(32-18(3)29)7-11-25(19,15-27)22(23)8-10-24(21,26)4/h5,15,20-23,30H,1,6-14H2,2-4H3/t20-,21+,22-,23+,24+,25+,26-/m0/s1. The Morgan fingerprint density at radius 1 is 1.16 bits per heavy atom. The predicted octanol–water partition coefficient (Wildman–Crippen LogP) is 3.91. The quantitative estimate of drug-likeness (QED) is 0.393. The van der Waals surface area contributed by atoms with E-state index in [0.29, 0.717) is 25.7 Å². The minimum Gasteiger partial charge on any atom is -0.462 e. The molecule has 0 radical (unpaired) electrons. The van der Waals surface area contributed by atoms with E-state index in [4.69, 9.17) is 9.47 Å². The summed E-state index contributed by atoms with van der Waals surface area (Å²) in [5.41, 5.74) is 0.160. The van der Waals surface area contributed by atoms with Crippen LogP contribution in [0.2, 0.25) is 0 Å². The van der Waals surface area contributed by atoms with Gasteiger partial charge in [-0.15, -0.1) is 0 Å². The number of esters is 2. The molecule has 0 aromatic carbocycles. The molecule has 6 heteroatoms. The number of carbonyl (C=O) groups excluding carboxylic acids is 3. The Labute approximate surface area is 190 Å². The van der Waals surface area contributed by atoms with Gasteiger partial charge in [0.25, 0.3) is 0 Å². The summed E-state index contributed by atoms with van der Waals surface area (Å²) in [6, 6.07) is 0. The summed E-state index contributed by atoms with van der Waals surface area (Å²) in [5.74, 6) is -0.416. The third-order valence-electron chi connectivity index (χ3n) is 9.35. The molecule has 0 bridgehead atoms. The Hall–Kier alpha value is -1.95. The molecule has 0 amide bonds. The van der Waals surface area contributed by atoms with Gasteiger partial charge in [0.15, 0.2) is 0 Å². The molecular formula is C26H36O6. The van der Waals surface area contributed by atoms with E-state index >= 15 is 0 Å². The van der Waals surface area contributed by atoms with Crippen LogP contribution in [0.4, 0.5) is 0 Å². The molecule has 0 aromatic rings. The fourth-order valence-corrected chi connectivity index (χ4v) is 7.81. The topological polar surface area (TPSA) is 89.9 Å². The molecule has 4 aliphatic rings. The van der Waals surface area contributed by atoms with Crippen molar-refractivity contribution in [2.75, 3.05) is 6.61 Å². The average Bonchev–Trinajstić information content (AvgIpc) is 3.02. The minimum atomic E-state index is -0.884. The summed E-state index contributed by atoms with van der Waals surface area (Å²) in [5, 5.41) is 12.2. The van der Waals surface area contributed by atoms with Crippen molar-refractivity contribution < 1.29 is 29.0 Å². The van der Waals surface area contributed by atoms with Gasteiger partial charge in [0, 0.05) is 25.7 Å². The molecule has 0 aromatic heterocycles. The van der Waals surface area contributed by atoms with E-state index in [9.17, 15) is 19.5 Å². The maximum Gasteiger partial charge on any atom is 0.302 e. The van der Waals surface area contributed by atoms with Gasteiger partial charge >= 0.3 is 11.9 Å². The smallest absolute Gasteiger partial charge is 0.302 e. The van der Waals surface area contributed by atoms with Crippen molar-refractivity contribution in [1.82, 2.24) is 0 Å². The fraction of sp³-hybridized carbons (Fsp3) is 0.731. The van der Waals surface area contributed by atoms with Gasteiger partial charge < -0.3 is 19.4 Å². The van der Waals surface area contributed by atoms with Gasteiger partial charge in [-0.25, -0.2) is 0 Å². The molecule has 6 nitrogen and oxygen atoms in total. The van der Waals surface area contributed by atoms with Gasteiger partial charge in [0.1, 0.15) is 19.0 Å².